The normalized spacial score (nSPS) is 18.2. The number of nitrogens with two attached hydrogens (primary N) is 1. The molecule has 116 valence electrons. The van der Waals surface area contributed by atoms with Gasteiger partial charge in [-0.2, -0.15) is 13.2 Å². The van der Waals surface area contributed by atoms with Gasteiger partial charge in [-0.1, -0.05) is 0 Å². The smallest absolute Gasteiger partial charge is 0.345 e. The Morgan fingerprint density at radius 1 is 1.38 bits per heavy atom. The van der Waals surface area contributed by atoms with Crippen LogP contribution in [0, 0.1) is 11.7 Å². The third-order valence-corrected chi connectivity index (χ3v) is 3.84. The summed E-state index contributed by atoms with van der Waals surface area (Å²) in [7, 11) is 0. The van der Waals surface area contributed by atoms with Crippen molar-refractivity contribution in [2.75, 3.05) is 6.54 Å². The maximum absolute atomic E-state index is 13.2. The average Bonchev–Trinajstić information content (AvgIpc) is 3.22. The van der Waals surface area contributed by atoms with Gasteiger partial charge in [0.1, 0.15) is 5.82 Å². The third-order valence-electron chi connectivity index (χ3n) is 3.84. The minimum atomic E-state index is -4.84. The molecule has 1 unspecified atom stereocenters. The molecule has 0 bridgehead atoms. The standard InChI is InChI=1S/C14H16F4N2O/c1-13(7-19,9-3-4-9)20-12(21)8-2-5-11(15)10(6-8)14(16,17)18/h2,5-6,9H,3-4,7,19H2,1H3,(H,20,21). The molecule has 3 N–H and O–H groups in total. The number of carbonyl (C=O) groups is 1. The zero-order valence-corrected chi connectivity index (χ0v) is 11.4. The van der Waals surface area contributed by atoms with Gasteiger partial charge in [-0.05, 0) is 43.9 Å². The van der Waals surface area contributed by atoms with Gasteiger partial charge in [0.2, 0.25) is 0 Å². The molecule has 1 aliphatic rings. The molecule has 1 aromatic rings. The summed E-state index contributed by atoms with van der Waals surface area (Å²) in [4.78, 5) is 12.1. The summed E-state index contributed by atoms with van der Waals surface area (Å²) in [6.07, 6.45) is -3.00. The molecule has 1 fully saturated rings. The van der Waals surface area contributed by atoms with E-state index in [4.69, 9.17) is 5.73 Å². The molecular weight excluding hydrogens is 288 g/mol. The van der Waals surface area contributed by atoms with Crippen molar-refractivity contribution in [1.82, 2.24) is 5.32 Å². The molecule has 0 radical (unpaired) electrons. The molecule has 0 aromatic heterocycles. The van der Waals surface area contributed by atoms with Crippen LogP contribution in [0.25, 0.3) is 0 Å². The second-order valence-electron chi connectivity index (χ2n) is 5.54. The maximum atomic E-state index is 13.2. The van der Waals surface area contributed by atoms with Gasteiger partial charge in [0.05, 0.1) is 11.1 Å². The lowest BCUT2D eigenvalue weighted by Crippen LogP contribution is -2.53. The maximum Gasteiger partial charge on any atom is 0.419 e. The molecule has 21 heavy (non-hydrogen) atoms. The van der Waals surface area contributed by atoms with Crippen LogP contribution >= 0.6 is 0 Å². The molecule has 0 heterocycles. The number of hydrogen-bond acceptors (Lipinski definition) is 2. The lowest BCUT2D eigenvalue weighted by Gasteiger charge is -2.29. The van der Waals surface area contributed by atoms with Gasteiger partial charge in [0.15, 0.2) is 0 Å². The molecule has 1 amide bonds. The van der Waals surface area contributed by atoms with Crippen LogP contribution in [0.2, 0.25) is 0 Å². The Labute approximate surface area is 119 Å². The molecule has 0 saturated heterocycles. The Bertz CT molecular complexity index is 554. The largest absolute Gasteiger partial charge is 0.419 e. The highest BCUT2D eigenvalue weighted by Crippen LogP contribution is 2.39. The van der Waals surface area contributed by atoms with Crippen LogP contribution in [0.5, 0.6) is 0 Å². The first-order valence-electron chi connectivity index (χ1n) is 6.57. The third kappa shape index (κ3) is 3.34. The predicted octanol–water partition coefficient (Wildman–Crippen LogP) is 2.70. The number of rotatable bonds is 4. The van der Waals surface area contributed by atoms with E-state index >= 15 is 0 Å². The van der Waals surface area contributed by atoms with Crippen LogP contribution in [-0.2, 0) is 6.18 Å². The van der Waals surface area contributed by atoms with E-state index in [1.165, 1.54) is 0 Å². The van der Waals surface area contributed by atoms with Gasteiger partial charge in [0.25, 0.3) is 5.91 Å². The van der Waals surface area contributed by atoms with E-state index < -0.39 is 29.0 Å². The van der Waals surface area contributed by atoms with Crippen molar-refractivity contribution < 1.29 is 22.4 Å². The van der Waals surface area contributed by atoms with Crippen LogP contribution in [0.4, 0.5) is 17.6 Å². The average molecular weight is 304 g/mol. The van der Waals surface area contributed by atoms with Crippen molar-refractivity contribution in [1.29, 1.82) is 0 Å². The topological polar surface area (TPSA) is 55.1 Å². The molecule has 2 rings (SSSR count). The van der Waals surface area contributed by atoms with E-state index in [1.807, 2.05) is 0 Å². The van der Waals surface area contributed by atoms with E-state index in [-0.39, 0.29) is 18.0 Å². The van der Waals surface area contributed by atoms with Crippen LogP contribution < -0.4 is 11.1 Å². The second-order valence-corrected chi connectivity index (χ2v) is 5.54. The fourth-order valence-corrected chi connectivity index (χ4v) is 2.26. The van der Waals surface area contributed by atoms with Crippen molar-refractivity contribution in [3.8, 4) is 0 Å². The first-order valence-corrected chi connectivity index (χ1v) is 6.57. The minimum absolute atomic E-state index is 0.191. The Hall–Kier alpha value is -1.63. The first kappa shape index (κ1) is 15.8. The summed E-state index contributed by atoms with van der Waals surface area (Å²) in [6.45, 7) is 1.95. The van der Waals surface area contributed by atoms with Crippen LogP contribution in [-0.4, -0.2) is 18.0 Å². The van der Waals surface area contributed by atoms with Gasteiger partial charge in [-0.25, -0.2) is 4.39 Å². The summed E-state index contributed by atoms with van der Waals surface area (Å²) in [5.74, 6) is -1.85. The van der Waals surface area contributed by atoms with Crippen LogP contribution in [0.3, 0.4) is 0 Å². The fraction of sp³-hybridized carbons (Fsp3) is 0.500. The highest BCUT2D eigenvalue weighted by molar-refractivity contribution is 5.95. The Morgan fingerprint density at radius 3 is 2.48 bits per heavy atom. The number of halogens is 4. The van der Waals surface area contributed by atoms with E-state index in [2.05, 4.69) is 5.32 Å². The zero-order valence-electron chi connectivity index (χ0n) is 11.4. The molecule has 0 aliphatic heterocycles. The van der Waals surface area contributed by atoms with Crippen molar-refractivity contribution in [3.63, 3.8) is 0 Å². The molecule has 7 heteroatoms. The van der Waals surface area contributed by atoms with E-state index in [0.29, 0.717) is 12.1 Å². The van der Waals surface area contributed by atoms with Gasteiger partial charge in [-0.15, -0.1) is 0 Å². The van der Waals surface area contributed by atoms with Gasteiger partial charge in [0, 0.05) is 12.1 Å². The Kier molecular flexibility index (Phi) is 3.97. The number of carbonyl (C=O) groups excluding carboxylic acids is 1. The number of benzene rings is 1. The van der Waals surface area contributed by atoms with E-state index in [9.17, 15) is 22.4 Å². The van der Waals surface area contributed by atoms with Crippen molar-refractivity contribution in [3.05, 3.63) is 35.1 Å². The van der Waals surface area contributed by atoms with Crippen LogP contribution in [0.15, 0.2) is 18.2 Å². The molecule has 0 spiro atoms. The minimum Gasteiger partial charge on any atom is -0.345 e. The van der Waals surface area contributed by atoms with E-state index in [1.54, 1.807) is 6.92 Å². The highest BCUT2D eigenvalue weighted by Gasteiger charge is 2.42. The lowest BCUT2D eigenvalue weighted by molar-refractivity contribution is -0.140. The number of amides is 1. The number of nitrogens with one attached hydrogen (secondary N) is 1. The van der Waals surface area contributed by atoms with Gasteiger partial charge >= 0.3 is 6.18 Å². The summed E-state index contributed by atoms with van der Waals surface area (Å²) in [5, 5.41) is 2.67. The fourth-order valence-electron chi connectivity index (χ4n) is 2.26. The molecule has 1 atom stereocenters. The summed E-state index contributed by atoms with van der Waals surface area (Å²) in [5.41, 5.74) is 3.31. The molecule has 1 aliphatic carbocycles. The quantitative estimate of drug-likeness (QED) is 0.840. The number of alkyl halides is 3. The highest BCUT2D eigenvalue weighted by atomic mass is 19.4. The Morgan fingerprint density at radius 2 is 2.00 bits per heavy atom. The van der Waals surface area contributed by atoms with Crippen LogP contribution in [0.1, 0.15) is 35.7 Å². The van der Waals surface area contributed by atoms with Crippen molar-refractivity contribution in [2.45, 2.75) is 31.5 Å². The van der Waals surface area contributed by atoms with Crippen molar-refractivity contribution >= 4 is 5.91 Å². The summed E-state index contributed by atoms with van der Waals surface area (Å²) in [6, 6.07) is 2.20. The zero-order chi connectivity index (χ0) is 15.8. The monoisotopic (exact) mass is 304 g/mol. The molecule has 1 saturated carbocycles. The SMILES string of the molecule is CC(CN)(NC(=O)c1ccc(F)c(C(F)(F)F)c1)C1CC1. The van der Waals surface area contributed by atoms with Gasteiger partial charge < -0.3 is 11.1 Å². The number of hydrogen-bond donors (Lipinski definition) is 2. The predicted molar refractivity (Wildman–Crippen MR) is 69.1 cm³/mol. The first-order chi connectivity index (χ1) is 9.67. The summed E-state index contributed by atoms with van der Waals surface area (Å²) < 4.78 is 51.1. The molecular formula is C14H16F4N2O. The van der Waals surface area contributed by atoms with Gasteiger partial charge in [-0.3, -0.25) is 4.79 Å². The van der Waals surface area contributed by atoms with Crippen molar-refractivity contribution in [2.24, 2.45) is 11.7 Å². The van der Waals surface area contributed by atoms with E-state index in [0.717, 1.165) is 18.9 Å². The molecule has 3 nitrogen and oxygen atoms in total. The Balaban J connectivity index is 2.24. The summed E-state index contributed by atoms with van der Waals surface area (Å²) >= 11 is 0. The molecule has 1 aromatic carbocycles. The lowest BCUT2D eigenvalue weighted by atomic mass is 9.95. The second kappa shape index (κ2) is 5.29.